The Morgan fingerprint density at radius 2 is 1.97 bits per heavy atom. The van der Waals surface area contributed by atoms with Crippen molar-refractivity contribution in [3.8, 4) is 17.0 Å². The Kier molecular flexibility index (Phi) is 6.16. The van der Waals surface area contributed by atoms with Crippen LogP contribution in [-0.4, -0.2) is 42.8 Å². The van der Waals surface area contributed by atoms with Crippen LogP contribution in [0.25, 0.3) is 22.4 Å². The number of nitrogens with one attached hydrogen (secondary N) is 1. The summed E-state index contributed by atoms with van der Waals surface area (Å²) < 4.78 is 9.47. The number of hydrogen-bond donors (Lipinski definition) is 1. The van der Waals surface area contributed by atoms with E-state index in [1.165, 1.54) is 0 Å². The predicted octanol–water partition coefficient (Wildman–Crippen LogP) is 3.68. The van der Waals surface area contributed by atoms with Gasteiger partial charge in [-0.05, 0) is 50.6 Å². The quantitative estimate of drug-likeness (QED) is 0.418. The summed E-state index contributed by atoms with van der Waals surface area (Å²) in [6, 6.07) is 10.1. The summed E-state index contributed by atoms with van der Waals surface area (Å²) in [5, 5.41) is 16.2. The van der Waals surface area contributed by atoms with Crippen molar-refractivity contribution in [1.29, 1.82) is 0 Å². The van der Waals surface area contributed by atoms with E-state index in [0.717, 1.165) is 53.4 Å². The molecule has 0 radical (unpaired) electrons. The van der Waals surface area contributed by atoms with Crippen molar-refractivity contribution in [2.24, 2.45) is 0 Å². The fourth-order valence-electron chi connectivity index (χ4n) is 3.45. The van der Waals surface area contributed by atoms with Gasteiger partial charge >= 0.3 is 0 Å². The fourth-order valence-corrected chi connectivity index (χ4v) is 3.45. The topological polar surface area (TPSA) is 85.8 Å². The second-order valence-corrected chi connectivity index (χ2v) is 7.92. The van der Waals surface area contributed by atoms with Gasteiger partial charge in [0.05, 0.1) is 12.3 Å². The molecule has 1 amide bonds. The number of fused-ring (bicyclic) bond motifs is 3. The second kappa shape index (κ2) is 9.16. The first-order valence-corrected chi connectivity index (χ1v) is 10.8. The molecule has 8 nitrogen and oxygen atoms in total. The summed E-state index contributed by atoms with van der Waals surface area (Å²) in [6.07, 6.45) is 6.84. The van der Waals surface area contributed by atoms with Gasteiger partial charge in [-0.2, -0.15) is 5.10 Å². The van der Waals surface area contributed by atoms with Crippen molar-refractivity contribution in [3.05, 3.63) is 48.5 Å². The minimum atomic E-state index is 0.0154. The van der Waals surface area contributed by atoms with E-state index >= 15 is 0 Å². The lowest BCUT2D eigenvalue weighted by Crippen LogP contribution is -2.30. The number of carbonyl (C=O) groups excluding carboxylic acids is 1. The third kappa shape index (κ3) is 4.68. The molecule has 0 fully saturated rings. The molecule has 1 aromatic carbocycles. The van der Waals surface area contributed by atoms with Crippen LogP contribution in [0.2, 0.25) is 0 Å². The van der Waals surface area contributed by atoms with Gasteiger partial charge in [0.15, 0.2) is 5.65 Å². The van der Waals surface area contributed by atoms with Gasteiger partial charge in [0.25, 0.3) is 0 Å². The highest BCUT2D eigenvalue weighted by atomic mass is 16.5. The molecule has 4 rings (SSSR count). The average Bonchev–Trinajstić information content (AvgIpc) is 3.36. The third-order valence-corrected chi connectivity index (χ3v) is 5.03. The monoisotopic (exact) mass is 420 g/mol. The maximum absolute atomic E-state index is 12.0. The second-order valence-electron chi connectivity index (χ2n) is 7.92. The lowest BCUT2D eigenvalue weighted by molar-refractivity contribution is -0.121. The van der Waals surface area contributed by atoms with E-state index in [2.05, 4.69) is 27.5 Å². The minimum absolute atomic E-state index is 0.0154. The minimum Gasteiger partial charge on any atom is -0.494 e. The van der Waals surface area contributed by atoms with Crippen LogP contribution in [0.15, 0.2) is 42.7 Å². The summed E-state index contributed by atoms with van der Waals surface area (Å²) >= 11 is 0. The summed E-state index contributed by atoms with van der Waals surface area (Å²) in [5.41, 5.74) is 3.45. The van der Waals surface area contributed by atoms with Crippen LogP contribution in [0.5, 0.6) is 5.75 Å². The summed E-state index contributed by atoms with van der Waals surface area (Å²) in [7, 11) is 0. The molecule has 162 valence electrons. The van der Waals surface area contributed by atoms with Crippen LogP contribution in [0, 0.1) is 0 Å². The Hall–Kier alpha value is -3.42. The first-order chi connectivity index (χ1) is 15.0. The van der Waals surface area contributed by atoms with Crippen molar-refractivity contribution in [1.82, 2.24) is 29.5 Å². The van der Waals surface area contributed by atoms with E-state index in [4.69, 9.17) is 4.74 Å². The highest BCUT2D eigenvalue weighted by molar-refractivity contribution is 5.77. The molecule has 0 bridgehead atoms. The van der Waals surface area contributed by atoms with Gasteiger partial charge in [-0.15, -0.1) is 10.2 Å². The Balaban J connectivity index is 1.54. The molecule has 0 unspecified atom stereocenters. The molecule has 0 saturated heterocycles. The third-order valence-electron chi connectivity index (χ3n) is 5.03. The molecule has 0 saturated carbocycles. The number of aromatic nitrogens is 5. The van der Waals surface area contributed by atoms with E-state index in [9.17, 15) is 4.79 Å². The highest BCUT2D eigenvalue weighted by Gasteiger charge is 2.14. The highest BCUT2D eigenvalue weighted by Crippen LogP contribution is 2.24. The Morgan fingerprint density at radius 3 is 2.71 bits per heavy atom. The predicted molar refractivity (Wildman–Crippen MR) is 119 cm³/mol. The van der Waals surface area contributed by atoms with Crippen molar-refractivity contribution < 1.29 is 9.53 Å². The van der Waals surface area contributed by atoms with Crippen molar-refractivity contribution in [2.75, 3.05) is 6.61 Å². The summed E-state index contributed by atoms with van der Waals surface area (Å²) in [5.74, 6) is 1.64. The van der Waals surface area contributed by atoms with E-state index in [-0.39, 0.29) is 11.9 Å². The maximum atomic E-state index is 12.0. The first-order valence-electron chi connectivity index (χ1n) is 10.8. The molecule has 8 heteroatoms. The van der Waals surface area contributed by atoms with Crippen LogP contribution in [-0.2, 0) is 11.2 Å². The van der Waals surface area contributed by atoms with E-state index in [0.29, 0.717) is 12.8 Å². The lowest BCUT2D eigenvalue weighted by Gasteiger charge is -2.07. The molecule has 0 atom stereocenters. The van der Waals surface area contributed by atoms with Crippen LogP contribution < -0.4 is 10.1 Å². The number of aryl methyl sites for hydroxylation is 1. The Morgan fingerprint density at radius 1 is 1.16 bits per heavy atom. The molecule has 0 aliphatic rings. The van der Waals surface area contributed by atoms with Crippen molar-refractivity contribution in [3.63, 3.8) is 0 Å². The number of carbonyl (C=O) groups is 1. The lowest BCUT2D eigenvalue weighted by atomic mass is 10.1. The fraction of sp³-hybridized carbons (Fsp3) is 0.391. The van der Waals surface area contributed by atoms with Gasteiger partial charge in [-0.3, -0.25) is 9.20 Å². The standard InChI is InChI=1S/C23H28N6O2/c1-4-5-14-31-18-8-6-17(7-9-18)19-15-20-23-26-25-21(10-11-22(30)24-16(2)3)28(23)12-13-29(20)27-19/h6-9,12-13,15-16H,4-5,10-11,14H2,1-3H3,(H,24,30). The van der Waals surface area contributed by atoms with Crippen molar-refractivity contribution >= 4 is 17.1 Å². The molecular weight excluding hydrogens is 392 g/mol. The van der Waals surface area contributed by atoms with Crippen molar-refractivity contribution in [2.45, 2.75) is 52.5 Å². The maximum Gasteiger partial charge on any atom is 0.220 e. The molecule has 3 aromatic heterocycles. The van der Waals surface area contributed by atoms with Gasteiger partial charge in [0, 0.05) is 36.8 Å². The normalized spacial score (nSPS) is 11.5. The summed E-state index contributed by atoms with van der Waals surface area (Å²) in [4.78, 5) is 12.0. The average molecular weight is 421 g/mol. The number of ether oxygens (including phenoxy) is 1. The molecule has 31 heavy (non-hydrogen) atoms. The number of amides is 1. The van der Waals surface area contributed by atoms with Gasteiger partial charge in [0.2, 0.25) is 5.91 Å². The summed E-state index contributed by atoms with van der Waals surface area (Å²) in [6.45, 7) is 6.78. The number of unbranched alkanes of at least 4 members (excludes halogenated alkanes) is 1. The first kappa shape index (κ1) is 20.8. The Labute approximate surface area is 181 Å². The van der Waals surface area contributed by atoms with Gasteiger partial charge in [0.1, 0.15) is 17.1 Å². The zero-order valence-corrected chi connectivity index (χ0v) is 18.2. The van der Waals surface area contributed by atoms with Gasteiger partial charge < -0.3 is 10.1 Å². The largest absolute Gasteiger partial charge is 0.494 e. The van der Waals surface area contributed by atoms with E-state index in [1.54, 1.807) is 4.52 Å². The molecule has 0 spiro atoms. The van der Waals surface area contributed by atoms with Crippen LogP contribution >= 0.6 is 0 Å². The molecule has 0 aliphatic heterocycles. The van der Waals surface area contributed by atoms with Gasteiger partial charge in [-0.25, -0.2) is 4.52 Å². The molecule has 4 aromatic rings. The zero-order chi connectivity index (χ0) is 21.8. The molecule has 1 N–H and O–H groups in total. The smallest absolute Gasteiger partial charge is 0.220 e. The van der Waals surface area contributed by atoms with E-state index in [1.807, 2.05) is 61.0 Å². The van der Waals surface area contributed by atoms with Crippen LogP contribution in [0.1, 0.15) is 45.9 Å². The number of nitrogens with zero attached hydrogens (tertiary/aromatic N) is 5. The zero-order valence-electron chi connectivity index (χ0n) is 18.2. The van der Waals surface area contributed by atoms with Crippen LogP contribution in [0.3, 0.4) is 0 Å². The van der Waals surface area contributed by atoms with Gasteiger partial charge in [-0.1, -0.05) is 13.3 Å². The van der Waals surface area contributed by atoms with E-state index < -0.39 is 0 Å². The molecule has 0 aliphatic carbocycles. The SMILES string of the molecule is CCCCOc1ccc(-c2cc3c4nnc(CCC(=O)NC(C)C)n4ccn3n2)cc1. The molecule has 3 heterocycles. The Bertz CT molecular complexity index is 1180. The molecular formula is C23H28N6O2. The number of rotatable bonds is 9. The number of hydrogen-bond acceptors (Lipinski definition) is 5. The number of benzene rings is 1. The van der Waals surface area contributed by atoms with Crippen LogP contribution in [0.4, 0.5) is 0 Å².